The number of rotatable bonds is 5. The Balaban J connectivity index is 2.89. The van der Waals surface area contributed by atoms with Gasteiger partial charge in [-0.15, -0.1) is 0 Å². The third kappa shape index (κ3) is 3.21. The van der Waals surface area contributed by atoms with Crippen LogP contribution in [0.15, 0.2) is 29.4 Å². The lowest BCUT2D eigenvalue weighted by atomic mass is 10.2. The number of pyridine rings is 1. The number of carboxylic acids is 1. The molecule has 0 spiro atoms. The molecule has 0 aliphatic heterocycles. The summed E-state index contributed by atoms with van der Waals surface area (Å²) in [5.74, 6) is -1.45. The van der Waals surface area contributed by atoms with Gasteiger partial charge in [-0.1, -0.05) is 6.07 Å². The van der Waals surface area contributed by atoms with Crippen molar-refractivity contribution in [1.29, 1.82) is 0 Å². The Bertz CT molecular complexity index is 491. The minimum absolute atomic E-state index is 0.440. The SMILES string of the molecule is N[C@@H](CC(F)S(=O)(=O)c1ccccn1)C(=O)O. The van der Waals surface area contributed by atoms with Gasteiger partial charge in [0, 0.05) is 12.6 Å². The first-order chi connectivity index (χ1) is 7.85. The topological polar surface area (TPSA) is 110 Å². The summed E-state index contributed by atoms with van der Waals surface area (Å²) in [4.78, 5) is 13.9. The molecule has 0 amide bonds. The van der Waals surface area contributed by atoms with E-state index < -0.39 is 38.8 Å². The zero-order chi connectivity index (χ0) is 13.1. The Labute approximate surface area is 97.2 Å². The highest BCUT2D eigenvalue weighted by atomic mass is 32.2. The number of carboxylic acid groups (broad SMARTS) is 1. The van der Waals surface area contributed by atoms with Crippen molar-refractivity contribution in [3.63, 3.8) is 0 Å². The zero-order valence-electron chi connectivity index (χ0n) is 8.65. The molecule has 0 aliphatic rings. The molecule has 0 saturated heterocycles. The maximum absolute atomic E-state index is 13.5. The minimum Gasteiger partial charge on any atom is -0.480 e. The number of nitrogens with two attached hydrogens (primary N) is 1. The molecule has 0 saturated carbocycles. The first kappa shape index (κ1) is 13.5. The number of sulfone groups is 1. The van der Waals surface area contributed by atoms with Crippen LogP contribution >= 0.6 is 0 Å². The van der Waals surface area contributed by atoms with Crippen LogP contribution in [0.2, 0.25) is 0 Å². The molecule has 1 aromatic rings. The Morgan fingerprint density at radius 1 is 1.53 bits per heavy atom. The molecule has 0 aromatic carbocycles. The monoisotopic (exact) mass is 262 g/mol. The summed E-state index contributed by atoms with van der Waals surface area (Å²) in [5, 5.41) is 8.03. The molecule has 0 radical (unpaired) electrons. The molecule has 0 aliphatic carbocycles. The molecule has 8 heteroatoms. The van der Waals surface area contributed by atoms with E-state index in [0.717, 1.165) is 6.07 Å². The van der Waals surface area contributed by atoms with Crippen molar-refractivity contribution < 1.29 is 22.7 Å². The first-order valence-corrected chi connectivity index (χ1v) is 6.17. The summed E-state index contributed by atoms with van der Waals surface area (Å²) in [6.45, 7) is 0. The van der Waals surface area contributed by atoms with Crippen LogP contribution in [0.1, 0.15) is 6.42 Å². The van der Waals surface area contributed by atoms with Crippen LogP contribution in [0.3, 0.4) is 0 Å². The Morgan fingerprint density at radius 2 is 2.18 bits per heavy atom. The second kappa shape index (κ2) is 5.19. The van der Waals surface area contributed by atoms with E-state index in [4.69, 9.17) is 10.8 Å². The average Bonchev–Trinajstić information content (AvgIpc) is 2.29. The van der Waals surface area contributed by atoms with Crippen molar-refractivity contribution in [2.75, 3.05) is 0 Å². The number of aliphatic carboxylic acids is 1. The highest BCUT2D eigenvalue weighted by molar-refractivity contribution is 7.91. The van der Waals surface area contributed by atoms with Crippen molar-refractivity contribution in [3.8, 4) is 0 Å². The molecule has 1 heterocycles. The number of hydrogen-bond acceptors (Lipinski definition) is 5. The van der Waals surface area contributed by atoms with Gasteiger partial charge < -0.3 is 10.8 Å². The van der Waals surface area contributed by atoms with Crippen LogP contribution in [0, 0.1) is 0 Å². The molecular weight excluding hydrogens is 251 g/mol. The molecule has 94 valence electrons. The fourth-order valence-electron chi connectivity index (χ4n) is 1.07. The van der Waals surface area contributed by atoms with E-state index >= 15 is 0 Å². The highest BCUT2D eigenvalue weighted by Crippen LogP contribution is 2.18. The van der Waals surface area contributed by atoms with Gasteiger partial charge in [-0.25, -0.2) is 17.8 Å². The van der Waals surface area contributed by atoms with E-state index in [1.54, 1.807) is 0 Å². The Morgan fingerprint density at radius 3 is 2.65 bits per heavy atom. The van der Waals surface area contributed by atoms with Gasteiger partial charge >= 0.3 is 5.97 Å². The largest absolute Gasteiger partial charge is 0.480 e. The number of halogens is 1. The van der Waals surface area contributed by atoms with Gasteiger partial charge in [0.1, 0.15) is 6.04 Å². The Hall–Kier alpha value is -1.54. The van der Waals surface area contributed by atoms with Crippen molar-refractivity contribution in [3.05, 3.63) is 24.4 Å². The first-order valence-electron chi connectivity index (χ1n) is 4.63. The molecule has 3 N–H and O–H groups in total. The average molecular weight is 262 g/mol. The van der Waals surface area contributed by atoms with Crippen molar-refractivity contribution in [2.45, 2.75) is 23.0 Å². The van der Waals surface area contributed by atoms with E-state index in [-0.39, 0.29) is 0 Å². The van der Waals surface area contributed by atoms with Crippen LogP contribution in [0.25, 0.3) is 0 Å². The highest BCUT2D eigenvalue weighted by Gasteiger charge is 2.31. The third-order valence-electron chi connectivity index (χ3n) is 2.02. The molecule has 1 rings (SSSR count). The summed E-state index contributed by atoms with van der Waals surface area (Å²) in [5.41, 5.74) is 2.68. The van der Waals surface area contributed by atoms with Gasteiger partial charge in [-0.2, -0.15) is 0 Å². The van der Waals surface area contributed by atoms with Crippen LogP contribution in [-0.4, -0.2) is 36.0 Å². The van der Waals surface area contributed by atoms with E-state index in [1.807, 2.05) is 0 Å². The van der Waals surface area contributed by atoms with Gasteiger partial charge in [0.25, 0.3) is 0 Å². The number of alkyl halides is 1. The maximum Gasteiger partial charge on any atom is 0.320 e. The number of hydrogen-bond donors (Lipinski definition) is 2. The van der Waals surface area contributed by atoms with Crippen LogP contribution in [-0.2, 0) is 14.6 Å². The van der Waals surface area contributed by atoms with Crippen LogP contribution in [0.5, 0.6) is 0 Å². The van der Waals surface area contributed by atoms with Crippen LogP contribution in [0.4, 0.5) is 4.39 Å². The Kier molecular flexibility index (Phi) is 4.13. The molecule has 0 fully saturated rings. The number of carbonyl (C=O) groups is 1. The van der Waals surface area contributed by atoms with Gasteiger partial charge in [0.15, 0.2) is 5.03 Å². The van der Waals surface area contributed by atoms with Gasteiger partial charge in [0.2, 0.25) is 15.3 Å². The fraction of sp³-hybridized carbons (Fsp3) is 0.333. The molecule has 0 bridgehead atoms. The summed E-state index contributed by atoms with van der Waals surface area (Å²) in [7, 11) is -4.29. The normalized spacial score (nSPS) is 15.2. The van der Waals surface area contributed by atoms with Crippen molar-refractivity contribution in [2.24, 2.45) is 5.73 Å². The number of nitrogens with zero attached hydrogens (tertiary/aromatic N) is 1. The molecule has 6 nitrogen and oxygen atoms in total. The second-order valence-corrected chi connectivity index (χ2v) is 5.32. The lowest BCUT2D eigenvalue weighted by Crippen LogP contribution is -2.35. The summed E-state index contributed by atoms with van der Waals surface area (Å²) in [6.07, 6.45) is 0.394. The molecule has 1 aromatic heterocycles. The second-order valence-electron chi connectivity index (χ2n) is 3.30. The van der Waals surface area contributed by atoms with E-state index in [9.17, 15) is 17.6 Å². The third-order valence-corrected chi connectivity index (χ3v) is 3.71. The standard InChI is InChI=1S/C9H11FN2O4S/c10-7(5-6(11)9(13)14)17(15,16)8-3-1-2-4-12-8/h1-4,6-7H,5,11H2,(H,13,14)/t6-,7?/m0/s1. The quantitative estimate of drug-likeness (QED) is 0.770. The molecule has 2 atom stereocenters. The maximum atomic E-state index is 13.5. The van der Waals surface area contributed by atoms with Crippen molar-refractivity contribution >= 4 is 15.8 Å². The smallest absolute Gasteiger partial charge is 0.320 e. The molecule has 17 heavy (non-hydrogen) atoms. The summed E-state index contributed by atoms with van der Waals surface area (Å²) < 4.78 is 36.7. The summed E-state index contributed by atoms with van der Waals surface area (Å²) in [6, 6.07) is 2.44. The minimum atomic E-state index is -4.29. The zero-order valence-corrected chi connectivity index (χ0v) is 9.47. The fourth-order valence-corrected chi connectivity index (χ4v) is 2.27. The van der Waals surface area contributed by atoms with Crippen LogP contribution < -0.4 is 5.73 Å². The summed E-state index contributed by atoms with van der Waals surface area (Å²) >= 11 is 0. The van der Waals surface area contributed by atoms with Gasteiger partial charge in [-0.3, -0.25) is 4.79 Å². The predicted octanol–water partition coefficient (Wildman–Crippen LogP) is -0.0471. The lowest BCUT2D eigenvalue weighted by Gasteiger charge is -2.11. The molecular formula is C9H11FN2O4S. The van der Waals surface area contributed by atoms with Gasteiger partial charge in [0.05, 0.1) is 0 Å². The van der Waals surface area contributed by atoms with E-state index in [0.29, 0.717) is 0 Å². The predicted molar refractivity (Wildman–Crippen MR) is 56.5 cm³/mol. The van der Waals surface area contributed by atoms with E-state index in [2.05, 4.69) is 4.98 Å². The molecule has 1 unspecified atom stereocenters. The van der Waals surface area contributed by atoms with E-state index in [1.165, 1.54) is 18.3 Å². The van der Waals surface area contributed by atoms with Gasteiger partial charge in [-0.05, 0) is 12.1 Å². The lowest BCUT2D eigenvalue weighted by molar-refractivity contribution is -0.138. The number of aromatic nitrogens is 1. The van der Waals surface area contributed by atoms with Crippen molar-refractivity contribution in [1.82, 2.24) is 4.98 Å².